The molecule has 0 radical (unpaired) electrons. The van der Waals surface area contributed by atoms with Crippen molar-refractivity contribution in [2.75, 3.05) is 13.6 Å². The first-order chi connectivity index (χ1) is 9.26. The Morgan fingerprint density at radius 1 is 1.26 bits per heavy atom. The number of likely N-dealkylation sites (N-methyl/N-ethyl adjacent to an activating group) is 1. The van der Waals surface area contributed by atoms with E-state index in [4.69, 9.17) is 10.2 Å². The van der Waals surface area contributed by atoms with E-state index in [9.17, 15) is 0 Å². The van der Waals surface area contributed by atoms with Crippen LogP contribution in [0, 0.1) is 0 Å². The molecule has 1 heterocycles. The van der Waals surface area contributed by atoms with E-state index in [2.05, 4.69) is 31.0 Å². The molecule has 0 amide bonds. The van der Waals surface area contributed by atoms with Gasteiger partial charge in [0.25, 0.3) is 0 Å². The van der Waals surface area contributed by atoms with Gasteiger partial charge in [0.15, 0.2) is 0 Å². The van der Waals surface area contributed by atoms with Crippen LogP contribution >= 0.6 is 0 Å². The molecule has 2 rings (SSSR count). The van der Waals surface area contributed by atoms with Gasteiger partial charge in [-0.1, -0.05) is 32.6 Å². The summed E-state index contributed by atoms with van der Waals surface area (Å²) in [5, 5.41) is 0. The maximum atomic E-state index is 6.00. The SMILES string of the molecule is CCc1ccc(C(CN)N(C)C2CCCCCC2)o1. The number of furan rings is 1. The van der Waals surface area contributed by atoms with Crippen molar-refractivity contribution in [3.8, 4) is 0 Å². The summed E-state index contributed by atoms with van der Waals surface area (Å²) in [5.41, 5.74) is 6.00. The van der Waals surface area contributed by atoms with E-state index >= 15 is 0 Å². The highest BCUT2D eigenvalue weighted by atomic mass is 16.3. The third-order valence-electron chi connectivity index (χ3n) is 4.47. The van der Waals surface area contributed by atoms with E-state index < -0.39 is 0 Å². The van der Waals surface area contributed by atoms with Gasteiger partial charge in [0.1, 0.15) is 11.5 Å². The largest absolute Gasteiger partial charge is 0.464 e. The van der Waals surface area contributed by atoms with Crippen LogP contribution in [-0.2, 0) is 6.42 Å². The lowest BCUT2D eigenvalue weighted by atomic mass is 10.0. The molecule has 0 spiro atoms. The van der Waals surface area contributed by atoms with Crippen LogP contribution < -0.4 is 5.73 Å². The lowest BCUT2D eigenvalue weighted by Gasteiger charge is -2.33. The quantitative estimate of drug-likeness (QED) is 0.828. The van der Waals surface area contributed by atoms with Crippen molar-refractivity contribution in [2.45, 2.75) is 64.0 Å². The van der Waals surface area contributed by atoms with Crippen LogP contribution in [0.2, 0.25) is 0 Å². The summed E-state index contributed by atoms with van der Waals surface area (Å²) in [6, 6.07) is 5.07. The number of hydrogen-bond donors (Lipinski definition) is 1. The fourth-order valence-electron chi connectivity index (χ4n) is 3.17. The first-order valence-electron chi connectivity index (χ1n) is 7.76. The molecule has 0 bridgehead atoms. The zero-order valence-electron chi connectivity index (χ0n) is 12.4. The summed E-state index contributed by atoms with van der Waals surface area (Å²) in [6.07, 6.45) is 9.03. The van der Waals surface area contributed by atoms with Crippen LogP contribution in [0.4, 0.5) is 0 Å². The molecule has 1 aromatic heterocycles. The van der Waals surface area contributed by atoms with Crippen molar-refractivity contribution >= 4 is 0 Å². The molecule has 19 heavy (non-hydrogen) atoms. The van der Waals surface area contributed by atoms with Gasteiger partial charge in [-0.2, -0.15) is 0 Å². The van der Waals surface area contributed by atoms with Gasteiger partial charge in [-0.15, -0.1) is 0 Å². The predicted molar refractivity (Wildman–Crippen MR) is 79.1 cm³/mol. The highest BCUT2D eigenvalue weighted by Crippen LogP contribution is 2.28. The number of nitrogens with zero attached hydrogens (tertiary/aromatic N) is 1. The molecule has 108 valence electrons. The Labute approximate surface area is 117 Å². The summed E-state index contributed by atoms with van der Waals surface area (Å²) in [4.78, 5) is 2.45. The molecule has 1 atom stereocenters. The Morgan fingerprint density at radius 3 is 2.47 bits per heavy atom. The molecule has 1 aromatic rings. The van der Waals surface area contributed by atoms with Crippen molar-refractivity contribution in [2.24, 2.45) is 5.73 Å². The van der Waals surface area contributed by atoms with Crippen molar-refractivity contribution in [3.63, 3.8) is 0 Å². The number of aryl methyl sites for hydroxylation is 1. The van der Waals surface area contributed by atoms with E-state index in [1.807, 2.05) is 0 Å². The zero-order valence-corrected chi connectivity index (χ0v) is 12.4. The Hall–Kier alpha value is -0.800. The average Bonchev–Trinajstić information content (AvgIpc) is 2.73. The summed E-state index contributed by atoms with van der Waals surface area (Å²) >= 11 is 0. The third-order valence-corrected chi connectivity index (χ3v) is 4.47. The van der Waals surface area contributed by atoms with Gasteiger partial charge in [-0.05, 0) is 32.0 Å². The minimum atomic E-state index is 0.225. The second kappa shape index (κ2) is 7.11. The van der Waals surface area contributed by atoms with Crippen LogP contribution in [0.3, 0.4) is 0 Å². The van der Waals surface area contributed by atoms with Crippen molar-refractivity contribution in [1.82, 2.24) is 4.90 Å². The maximum absolute atomic E-state index is 6.00. The van der Waals surface area contributed by atoms with Crippen LogP contribution in [0.1, 0.15) is 63.0 Å². The van der Waals surface area contributed by atoms with Crippen molar-refractivity contribution < 1.29 is 4.42 Å². The van der Waals surface area contributed by atoms with Crippen molar-refractivity contribution in [3.05, 3.63) is 23.7 Å². The summed E-state index contributed by atoms with van der Waals surface area (Å²) in [7, 11) is 2.21. The molecule has 1 aliphatic carbocycles. The highest BCUT2D eigenvalue weighted by Gasteiger charge is 2.26. The molecule has 1 fully saturated rings. The first kappa shape index (κ1) is 14.6. The molecule has 3 heteroatoms. The Balaban J connectivity index is 2.06. The topological polar surface area (TPSA) is 42.4 Å². The van der Waals surface area contributed by atoms with Crippen LogP contribution in [0.5, 0.6) is 0 Å². The predicted octanol–water partition coefficient (Wildman–Crippen LogP) is 3.50. The maximum Gasteiger partial charge on any atom is 0.122 e. The van der Waals surface area contributed by atoms with Crippen LogP contribution in [-0.4, -0.2) is 24.5 Å². The Kier molecular flexibility index (Phi) is 5.46. The fourth-order valence-corrected chi connectivity index (χ4v) is 3.17. The summed E-state index contributed by atoms with van der Waals surface area (Å²) in [6.45, 7) is 2.75. The molecule has 0 aromatic carbocycles. The Morgan fingerprint density at radius 2 is 1.95 bits per heavy atom. The second-order valence-electron chi connectivity index (χ2n) is 5.72. The lowest BCUT2D eigenvalue weighted by molar-refractivity contribution is 0.143. The average molecular weight is 264 g/mol. The van der Waals surface area contributed by atoms with Crippen molar-refractivity contribution in [1.29, 1.82) is 0 Å². The van der Waals surface area contributed by atoms with Gasteiger partial charge in [-0.25, -0.2) is 0 Å². The van der Waals surface area contributed by atoms with E-state index in [-0.39, 0.29) is 6.04 Å². The Bertz CT molecular complexity index is 367. The minimum absolute atomic E-state index is 0.225. The normalized spacial score (nSPS) is 19.6. The molecule has 1 saturated carbocycles. The molecule has 1 aliphatic rings. The fraction of sp³-hybridized carbons (Fsp3) is 0.750. The summed E-state index contributed by atoms with van der Waals surface area (Å²) < 4.78 is 5.91. The van der Waals surface area contributed by atoms with E-state index in [0.717, 1.165) is 17.9 Å². The molecule has 1 unspecified atom stereocenters. The smallest absolute Gasteiger partial charge is 0.122 e. The molecular weight excluding hydrogens is 236 g/mol. The molecule has 2 N–H and O–H groups in total. The van der Waals surface area contributed by atoms with Gasteiger partial charge < -0.3 is 10.2 Å². The minimum Gasteiger partial charge on any atom is -0.464 e. The number of rotatable bonds is 5. The standard InChI is InChI=1S/C16H28N2O/c1-3-14-10-11-16(19-14)15(12-17)18(2)13-8-6-4-5-7-9-13/h10-11,13,15H,3-9,12,17H2,1-2H3. The highest BCUT2D eigenvalue weighted by molar-refractivity contribution is 5.11. The van der Waals surface area contributed by atoms with Gasteiger partial charge in [0.05, 0.1) is 6.04 Å². The van der Waals surface area contributed by atoms with Gasteiger partial charge in [0.2, 0.25) is 0 Å². The monoisotopic (exact) mass is 264 g/mol. The first-order valence-corrected chi connectivity index (χ1v) is 7.76. The number of nitrogens with two attached hydrogens (primary N) is 1. The molecule has 0 aliphatic heterocycles. The van der Waals surface area contributed by atoms with Gasteiger partial charge in [0, 0.05) is 19.0 Å². The molecule has 0 saturated heterocycles. The summed E-state index contributed by atoms with van der Waals surface area (Å²) in [5.74, 6) is 2.09. The third kappa shape index (κ3) is 3.61. The van der Waals surface area contributed by atoms with E-state index in [0.29, 0.717) is 12.6 Å². The lowest BCUT2D eigenvalue weighted by Crippen LogP contribution is -2.38. The van der Waals surface area contributed by atoms with E-state index in [1.165, 1.54) is 38.5 Å². The van der Waals surface area contributed by atoms with Crippen LogP contribution in [0.15, 0.2) is 16.5 Å². The van der Waals surface area contributed by atoms with E-state index in [1.54, 1.807) is 0 Å². The molecule has 3 nitrogen and oxygen atoms in total. The second-order valence-corrected chi connectivity index (χ2v) is 5.72. The zero-order chi connectivity index (χ0) is 13.7. The molecular formula is C16H28N2O. The number of hydrogen-bond acceptors (Lipinski definition) is 3. The van der Waals surface area contributed by atoms with Gasteiger partial charge >= 0.3 is 0 Å². The van der Waals surface area contributed by atoms with Gasteiger partial charge in [-0.3, -0.25) is 4.90 Å². The van der Waals surface area contributed by atoms with Crippen LogP contribution in [0.25, 0.3) is 0 Å².